The van der Waals surface area contributed by atoms with Gasteiger partial charge in [-0.15, -0.1) is 11.3 Å². The van der Waals surface area contributed by atoms with Crippen LogP contribution in [-0.4, -0.2) is 35.2 Å². The second kappa shape index (κ2) is 10.9. The lowest BCUT2D eigenvalue weighted by Gasteiger charge is -2.22. The molecule has 2 heterocycles. The third-order valence-corrected chi connectivity index (χ3v) is 6.23. The number of hydrogen-bond acceptors (Lipinski definition) is 6. The highest BCUT2D eigenvalue weighted by molar-refractivity contribution is 7.07. The van der Waals surface area contributed by atoms with Gasteiger partial charge < -0.3 is 10.1 Å². The fourth-order valence-corrected chi connectivity index (χ4v) is 4.68. The molecule has 7 nitrogen and oxygen atoms in total. The van der Waals surface area contributed by atoms with Crippen molar-refractivity contribution in [2.45, 2.75) is 51.1 Å². The minimum absolute atomic E-state index is 0.0132. The number of ether oxygens (including phenoxy) is 1. The van der Waals surface area contributed by atoms with E-state index < -0.39 is 5.91 Å². The zero-order valence-corrected chi connectivity index (χ0v) is 17.9. The Labute approximate surface area is 179 Å². The Kier molecular flexibility index (Phi) is 7.94. The Balaban J connectivity index is 2.06. The number of hydrogen-bond donors (Lipinski definition) is 1. The van der Waals surface area contributed by atoms with E-state index in [1.54, 1.807) is 31.5 Å². The molecule has 0 atom stereocenters. The lowest BCUT2D eigenvalue weighted by molar-refractivity contribution is -0.116. The summed E-state index contributed by atoms with van der Waals surface area (Å²) in [7, 11) is 1.60. The highest BCUT2D eigenvalue weighted by Gasteiger charge is 2.20. The average Bonchev–Trinajstić information content (AvgIpc) is 3.05. The summed E-state index contributed by atoms with van der Waals surface area (Å²) in [6.07, 6.45) is 9.14. The summed E-state index contributed by atoms with van der Waals surface area (Å²) >= 11 is 1.16. The second-order valence-corrected chi connectivity index (χ2v) is 8.30. The number of amides is 1. The van der Waals surface area contributed by atoms with Crippen molar-refractivity contribution in [3.05, 3.63) is 49.6 Å². The molecule has 30 heavy (non-hydrogen) atoms. The molecule has 0 aromatic carbocycles. The van der Waals surface area contributed by atoms with Gasteiger partial charge in [-0.1, -0.05) is 25.3 Å². The molecule has 1 aliphatic carbocycles. The van der Waals surface area contributed by atoms with Crippen LogP contribution in [0.2, 0.25) is 0 Å². The monoisotopic (exact) mass is 426 g/mol. The van der Waals surface area contributed by atoms with E-state index in [2.05, 4.69) is 10.3 Å². The van der Waals surface area contributed by atoms with Crippen molar-refractivity contribution in [2.24, 2.45) is 0 Å². The van der Waals surface area contributed by atoms with Gasteiger partial charge in [-0.25, -0.2) is 0 Å². The van der Waals surface area contributed by atoms with Crippen LogP contribution in [0.25, 0.3) is 11.6 Å². The van der Waals surface area contributed by atoms with Gasteiger partial charge in [-0.05, 0) is 37.5 Å². The van der Waals surface area contributed by atoms with Crippen LogP contribution in [0.3, 0.4) is 0 Å². The van der Waals surface area contributed by atoms with Crippen LogP contribution >= 0.6 is 11.3 Å². The van der Waals surface area contributed by atoms with E-state index in [1.165, 1.54) is 11.0 Å². The number of nitrogens with one attached hydrogen (secondary N) is 1. The summed E-state index contributed by atoms with van der Waals surface area (Å²) < 4.78 is 7.44. The molecule has 3 rings (SSSR count). The van der Waals surface area contributed by atoms with E-state index in [1.807, 2.05) is 12.1 Å². The summed E-state index contributed by atoms with van der Waals surface area (Å²) in [6, 6.07) is 7.57. The van der Waals surface area contributed by atoms with Gasteiger partial charge in [0.25, 0.3) is 11.5 Å². The summed E-state index contributed by atoms with van der Waals surface area (Å²) in [5, 5.41) is 12.7. The van der Waals surface area contributed by atoms with Gasteiger partial charge >= 0.3 is 0 Å². The number of nitriles is 1. The van der Waals surface area contributed by atoms with Crippen LogP contribution < -0.4 is 20.1 Å². The maximum Gasteiger partial charge on any atom is 0.269 e. The molecule has 0 radical (unpaired) electrons. The molecule has 1 saturated carbocycles. The molecule has 0 bridgehead atoms. The molecule has 2 aromatic heterocycles. The van der Waals surface area contributed by atoms with Crippen LogP contribution in [-0.2, 0) is 16.1 Å². The Morgan fingerprint density at radius 1 is 1.40 bits per heavy atom. The van der Waals surface area contributed by atoms with E-state index >= 15 is 0 Å². The number of pyridine rings is 1. The summed E-state index contributed by atoms with van der Waals surface area (Å²) in [6.45, 7) is 0.855. The fraction of sp³-hybridized carbons (Fsp3) is 0.455. The van der Waals surface area contributed by atoms with Crippen LogP contribution in [0.15, 0.2) is 29.2 Å². The first-order chi connectivity index (χ1) is 14.6. The lowest BCUT2D eigenvalue weighted by atomic mass is 9.95. The number of carbonyl (C=O) groups excluding carboxylic acids is 1. The maximum atomic E-state index is 13.0. The van der Waals surface area contributed by atoms with E-state index in [0.717, 1.165) is 37.0 Å². The van der Waals surface area contributed by atoms with E-state index in [0.29, 0.717) is 34.5 Å². The average molecular weight is 427 g/mol. The normalized spacial score (nSPS) is 16.2. The van der Waals surface area contributed by atoms with Gasteiger partial charge in [0.2, 0.25) is 0 Å². The van der Waals surface area contributed by atoms with Crippen LogP contribution in [0.4, 0.5) is 0 Å². The standard InChI is InChI=1S/C22H26N4O3S/c1-29-13-7-12-26-21(28)19(14-17-10-5-6-11-24-17)30-22(26)18(15-23)20(27)25-16-8-3-2-4-9-16/h5-6,10-11,14,16H,2-4,7-9,12-13H2,1H3,(H,25,27)/b19-14-,22-18+. The smallest absolute Gasteiger partial charge is 0.269 e. The highest BCUT2D eigenvalue weighted by atomic mass is 32.1. The largest absolute Gasteiger partial charge is 0.385 e. The summed E-state index contributed by atoms with van der Waals surface area (Å²) in [4.78, 5) is 30.2. The minimum atomic E-state index is -0.407. The maximum absolute atomic E-state index is 13.0. The molecule has 1 amide bonds. The van der Waals surface area contributed by atoms with Crippen molar-refractivity contribution in [3.63, 3.8) is 0 Å². The van der Waals surface area contributed by atoms with Gasteiger partial charge in [0.1, 0.15) is 10.7 Å². The van der Waals surface area contributed by atoms with Crippen LogP contribution in [0.1, 0.15) is 44.2 Å². The van der Waals surface area contributed by atoms with Crippen molar-refractivity contribution < 1.29 is 9.53 Å². The van der Waals surface area contributed by atoms with Gasteiger partial charge in [0, 0.05) is 32.5 Å². The molecule has 0 spiro atoms. The summed E-state index contributed by atoms with van der Waals surface area (Å²) in [5.41, 5.74) is 0.410. The predicted octanol–water partition coefficient (Wildman–Crippen LogP) is 1.29. The minimum Gasteiger partial charge on any atom is -0.385 e. The van der Waals surface area contributed by atoms with E-state index in [9.17, 15) is 14.9 Å². The number of rotatable bonds is 7. The van der Waals surface area contributed by atoms with Crippen molar-refractivity contribution >= 4 is 28.9 Å². The number of methoxy groups -OCH3 is 1. The first-order valence-electron chi connectivity index (χ1n) is 10.2. The van der Waals surface area contributed by atoms with Gasteiger partial charge in [0.05, 0.1) is 10.2 Å². The van der Waals surface area contributed by atoms with E-state index in [-0.39, 0.29) is 17.2 Å². The Bertz CT molecular complexity index is 1080. The van der Waals surface area contributed by atoms with E-state index in [4.69, 9.17) is 4.74 Å². The first-order valence-corrected chi connectivity index (χ1v) is 11.0. The predicted molar refractivity (Wildman–Crippen MR) is 116 cm³/mol. The molecule has 158 valence electrons. The Morgan fingerprint density at radius 3 is 2.87 bits per heavy atom. The number of thiazole rings is 1. The third-order valence-electron chi connectivity index (χ3n) is 5.10. The molecule has 2 aromatic rings. The molecule has 0 unspecified atom stereocenters. The SMILES string of the molecule is COCCCn1c(=O)/c(=C/c2ccccn2)s/c1=C(\C#N)C(=O)NC1CCCCC1. The van der Waals surface area contributed by atoms with Crippen LogP contribution in [0.5, 0.6) is 0 Å². The van der Waals surface area contributed by atoms with Crippen molar-refractivity contribution in [3.8, 4) is 6.07 Å². The molecular weight excluding hydrogens is 400 g/mol. The number of carbonyl (C=O) groups is 1. The first kappa shape index (κ1) is 21.9. The zero-order valence-electron chi connectivity index (χ0n) is 17.1. The van der Waals surface area contributed by atoms with Gasteiger partial charge in [-0.3, -0.25) is 19.1 Å². The molecule has 0 aliphatic heterocycles. The summed E-state index contributed by atoms with van der Waals surface area (Å²) in [5.74, 6) is -0.407. The lowest BCUT2D eigenvalue weighted by Crippen LogP contribution is -2.39. The van der Waals surface area contributed by atoms with Gasteiger partial charge in [0.15, 0.2) is 5.57 Å². The fourth-order valence-electron chi connectivity index (χ4n) is 3.57. The molecule has 1 fully saturated rings. The van der Waals surface area contributed by atoms with Gasteiger partial charge in [-0.2, -0.15) is 5.26 Å². The van der Waals surface area contributed by atoms with Crippen LogP contribution in [0, 0.1) is 11.3 Å². The molecule has 8 heteroatoms. The van der Waals surface area contributed by atoms with Crippen molar-refractivity contribution in [1.29, 1.82) is 5.26 Å². The highest BCUT2D eigenvalue weighted by Crippen LogP contribution is 2.17. The molecule has 1 aliphatic rings. The quantitative estimate of drug-likeness (QED) is 0.673. The zero-order chi connectivity index (χ0) is 21.3. The number of aromatic nitrogens is 2. The van der Waals surface area contributed by atoms with Crippen molar-refractivity contribution in [1.82, 2.24) is 14.9 Å². The topological polar surface area (TPSA) is 97.0 Å². The molecule has 0 saturated heterocycles. The Morgan fingerprint density at radius 2 is 2.20 bits per heavy atom. The molecule has 1 N–H and O–H groups in total. The van der Waals surface area contributed by atoms with Crippen molar-refractivity contribution in [2.75, 3.05) is 13.7 Å². The molecular formula is C22H26N4O3S. The third kappa shape index (κ3) is 5.43. The second-order valence-electron chi connectivity index (χ2n) is 7.27. The number of nitrogens with zero attached hydrogens (tertiary/aromatic N) is 3. The Hall–Kier alpha value is -2.76.